The first-order valence-corrected chi connectivity index (χ1v) is 16.9. The van der Waals surface area contributed by atoms with Gasteiger partial charge in [-0.2, -0.15) is 0 Å². The summed E-state index contributed by atoms with van der Waals surface area (Å²) in [5.41, 5.74) is 2.79. The van der Waals surface area contributed by atoms with E-state index in [-0.39, 0.29) is 17.7 Å². The molecule has 0 aliphatic carbocycles. The van der Waals surface area contributed by atoms with Crippen molar-refractivity contribution in [3.8, 4) is 5.75 Å². The third-order valence-corrected chi connectivity index (χ3v) is 9.64. The summed E-state index contributed by atoms with van der Waals surface area (Å²) < 4.78 is 5.65. The van der Waals surface area contributed by atoms with Gasteiger partial charge in [0, 0.05) is 23.7 Å². The lowest BCUT2D eigenvalue weighted by atomic mass is 9.85. The van der Waals surface area contributed by atoms with Crippen LogP contribution in [0.5, 0.6) is 5.75 Å². The van der Waals surface area contributed by atoms with Crippen LogP contribution in [0.4, 0.5) is 17.2 Å². The monoisotopic (exact) mass is 658 g/mol. The van der Waals surface area contributed by atoms with E-state index in [2.05, 4.69) is 67.4 Å². The largest absolute Gasteiger partial charge is 0.494 e. The first-order chi connectivity index (χ1) is 22.9. The number of hydrogen-bond acceptors (Lipinski definition) is 9. The summed E-state index contributed by atoms with van der Waals surface area (Å²) in [4.78, 5) is 53.4. The number of piperidine rings is 1. The van der Waals surface area contributed by atoms with E-state index in [9.17, 15) is 14.4 Å². The van der Waals surface area contributed by atoms with Crippen molar-refractivity contribution in [2.75, 3.05) is 51.5 Å². The Hall–Kier alpha value is -4.29. The lowest BCUT2D eigenvalue weighted by Gasteiger charge is -2.36. The summed E-state index contributed by atoms with van der Waals surface area (Å²) in [6, 6.07) is 10.1. The number of amides is 3. The molecular formula is C36H50N8O4. The highest BCUT2D eigenvalue weighted by Crippen LogP contribution is 2.35. The number of fused-ring (bicyclic) bond motifs is 1. The van der Waals surface area contributed by atoms with Crippen LogP contribution in [0.2, 0.25) is 0 Å². The summed E-state index contributed by atoms with van der Waals surface area (Å²) >= 11 is 0. The molecular weight excluding hydrogens is 608 g/mol. The Morgan fingerprint density at radius 3 is 2.35 bits per heavy atom. The van der Waals surface area contributed by atoms with Gasteiger partial charge in [-0.1, -0.05) is 32.9 Å². The molecule has 3 aromatic rings. The zero-order valence-electron chi connectivity index (χ0n) is 29.2. The molecule has 1 aromatic heterocycles. The van der Waals surface area contributed by atoms with Crippen LogP contribution in [0, 0.1) is 5.41 Å². The quantitative estimate of drug-likeness (QED) is 0.252. The second-order valence-corrected chi connectivity index (χ2v) is 14.1. The van der Waals surface area contributed by atoms with Crippen molar-refractivity contribution in [1.82, 2.24) is 30.4 Å². The van der Waals surface area contributed by atoms with Crippen LogP contribution in [-0.4, -0.2) is 96.5 Å². The topological polar surface area (TPSA) is 141 Å². The normalized spacial score (nSPS) is 18.7. The van der Waals surface area contributed by atoms with Crippen LogP contribution in [-0.2, 0) is 14.4 Å². The van der Waals surface area contributed by atoms with E-state index in [0.717, 1.165) is 31.6 Å². The van der Waals surface area contributed by atoms with Crippen molar-refractivity contribution in [3.63, 3.8) is 0 Å². The van der Waals surface area contributed by atoms with Gasteiger partial charge in [-0.25, -0.2) is 9.97 Å². The SMILES string of the molecule is CNC(C)C(=O)NC(C(=O)N1CCCC1C(=O)Nc1cc2c(Nc3ccc(C4CCN(C)CC4)cc3)ncnc2cc1OC)C(C)(C)C. The Kier molecular flexibility index (Phi) is 10.8. The lowest BCUT2D eigenvalue weighted by molar-refractivity contribution is -0.143. The highest BCUT2D eigenvalue weighted by molar-refractivity contribution is 6.03. The number of likely N-dealkylation sites (tertiary alicyclic amines) is 2. The highest BCUT2D eigenvalue weighted by Gasteiger charge is 2.42. The van der Waals surface area contributed by atoms with Gasteiger partial charge in [0.15, 0.2) is 0 Å². The molecule has 2 fully saturated rings. The van der Waals surface area contributed by atoms with Gasteiger partial charge >= 0.3 is 0 Å². The number of ether oxygens (including phenoxy) is 1. The van der Waals surface area contributed by atoms with Crippen molar-refractivity contribution < 1.29 is 19.1 Å². The van der Waals surface area contributed by atoms with Gasteiger partial charge in [0.1, 0.15) is 30.0 Å². The van der Waals surface area contributed by atoms with Crippen LogP contribution in [0.1, 0.15) is 64.9 Å². The number of carbonyl (C=O) groups is 3. The molecule has 3 unspecified atom stereocenters. The van der Waals surface area contributed by atoms with Gasteiger partial charge in [0.2, 0.25) is 17.7 Å². The molecule has 0 bridgehead atoms. The molecule has 3 atom stereocenters. The van der Waals surface area contributed by atoms with Crippen molar-refractivity contribution in [2.24, 2.45) is 5.41 Å². The van der Waals surface area contributed by atoms with Crippen LogP contribution in [0.25, 0.3) is 10.9 Å². The Morgan fingerprint density at radius 1 is 1.00 bits per heavy atom. The maximum Gasteiger partial charge on any atom is 0.247 e. The fourth-order valence-corrected chi connectivity index (χ4v) is 6.50. The highest BCUT2D eigenvalue weighted by atomic mass is 16.5. The number of benzene rings is 2. The predicted octanol–water partition coefficient (Wildman–Crippen LogP) is 4.26. The Balaban J connectivity index is 1.35. The van der Waals surface area contributed by atoms with E-state index in [1.165, 1.54) is 19.0 Å². The molecule has 2 aromatic carbocycles. The molecule has 3 amide bonds. The van der Waals surface area contributed by atoms with E-state index in [4.69, 9.17) is 4.74 Å². The van der Waals surface area contributed by atoms with E-state index < -0.39 is 23.5 Å². The molecule has 4 N–H and O–H groups in total. The predicted molar refractivity (Wildman–Crippen MR) is 189 cm³/mol. The lowest BCUT2D eigenvalue weighted by Crippen LogP contribution is -2.59. The summed E-state index contributed by atoms with van der Waals surface area (Å²) in [6.45, 7) is 10.1. The molecule has 12 heteroatoms. The first-order valence-electron chi connectivity index (χ1n) is 16.9. The second kappa shape index (κ2) is 14.9. The van der Waals surface area contributed by atoms with Crippen molar-refractivity contribution in [1.29, 1.82) is 0 Å². The molecule has 0 saturated carbocycles. The van der Waals surface area contributed by atoms with Gasteiger partial charge in [-0.15, -0.1) is 0 Å². The van der Waals surface area contributed by atoms with E-state index in [0.29, 0.717) is 53.5 Å². The van der Waals surface area contributed by atoms with Crippen molar-refractivity contribution >= 4 is 45.8 Å². The molecule has 48 heavy (non-hydrogen) atoms. The number of likely N-dealkylation sites (N-methyl/N-ethyl adjacent to an activating group) is 1. The molecule has 5 rings (SSSR count). The Morgan fingerprint density at radius 2 is 1.71 bits per heavy atom. The van der Waals surface area contributed by atoms with Gasteiger partial charge in [0.05, 0.1) is 24.4 Å². The fraction of sp³-hybridized carbons (Fsp3) is 0.528. The molecule has 2 aliphatic rings. The van der Waals surface area contributed by atoms with E-state index in [1.54, 1.807) is 31.0 Å². The zero-order valence-corrected chi connectivity index (χ0v) is 29.2. The average Bonchev–Trinajstić information content (AvgIpc) is 3.57. The van der Waals surface area contributed by atoms with E-state index in [1.807, 2.05) is 20.8 Å². The molecule has 2 aliphatic heterocycles. The van der Waals surface area contributed by atoms with Crippen LogP contribution in [0.3, 0.4) is 0 Å². The third-order valence-electron chi connectivity index (χ3n) is 9.64. The minimum absolute atomic E-state index is 0.272. The smallest absolute Gasteiger partial charge is 0.247 e. The minimum Gasteiger partial charge on any atom is -0.494 e. The minimum atomic E-state index is -0.798. The van der Waals surface area contributed by atoms with Crippen molar-refractivity contribution in [2.45, 2.75) is 77.4 Å². The van der Waals surface area contributed by atoms with Gasteiger partial charge in [-0.3, -0.25) is 14.4 Å². The Labute approximate surface area is 283 Å². The molecule has 0 spiro atoms. The standard InChI is InChI=1S/C36H50N8O4/c1-22(37-5)33(45)42-31(36(2,3)4)35(47)44-16-8-9-29(44)34(46)41-28-19-26-27(20-30(28)48-7)38-21-39-32(26)40-25-12-10-23(11-13-25)24-14-17-43(6)18-15-24/h10-13,19-22,24,29,31,37H,8-9,14-18H2,1-7H3,(H,41,46)(H,42,45)(H,38,39,40). The second-order valence-electron chi connectivity index (χ2n) is 14.1. The van der Waals surface area contributed by atoms with Crippen molar-refractivity contribution in [3.05, 3.63) is 48.3 Å². The number of aromatic nitrogens is 2. The molecule has 3 heterocycles. The first kappa shape index (κ1) is 35.0. The summed E-state index contributed by atoms with van der Waals surface area (Å²) in [5.74, 6) is 0.745. The number of anilines is 3. The number of rotatable bonds is 10. The van der Waals surface area contributed by atoms with Gasteiger partial charge in [-0.05, 0) is 94.9 Å². The third kappa shape index (κ3) is 7.87. The number of nitrogens with one attached hydrogen (secondary N) is 4. The molecule has 2 saturated heterocycles. The fourth-order valence-electron chi connectivity index (χ4n) is 6.50. The molecule has 12 nitrogen and oxygen atoms in total. The van der Waals surface area contributed by atoms with E-state index >= 15 is 0 Å². The van der Waals surface area contributed by atoms with Crippen LogP contribution < -0.4 is 26.0 Å². The maximum atomic E-state index is 13.9. The van der Waals surface area contributed by atoms with Crippen LogP contribution >= 0.6 is 0 Å². The summed E-state index contributed by atoms with van der Waals surface area (Å²) in [6.07, 6.45) is 5.00. The maximum absolute atomic E-state index is 13.9. The number of carbonyl (C=O) groups excluding carboxylic acids is 3. The molecule has 258 valence electrons. The van der Waals surface area contributed by atoms with Crippen LogP contribution in [0.15, 0.2) is 42.7 Å². The Bertz CT molecular complexity index is 1610. The number of methoxy groups -OCH3 is 1. The zero-order chi connectivity index (χ0) is 34.6. The molecule has 0 radical (unpaired) electrons. The number of hydrogen-bond donors (Lipinski definition) is 4. The van der Waals surface area contributed by atoms with Gasteiger partial charge in [0.25, 0.3) is 0 Å². The number of nitrogens with zero attached hydrogens (tertiary/aromatic N) is 4. The summed E-state index contributed by atoms with van der Waals surface area (Å²) in [5, 5.41) is 13.0. The average molecular weight is 659 g/mol. The summed E-state index contributed by atoms with van der Waals surface area (Å²) in [7, 11) is 5.40. The van der Waals surface area contributed by atoms with Gasteiger partial charge < -0.3 is 35.8 Å².